The molecule has 0 amide bonds. The molecule has 0 saturated carbocycles. The molecular weight excluding hydrogens is 380 g/mol. The largest absolute Gasteiger partial charge is 0.386 e. The Kier molecular flexibility index (Phi) is 6.13. The van der Waals surface area contributed by atoms with Crippen LogP contribution in [0, 0.1) is 0 Å². The first-order valence-corrected chi connectivity index (χ1v) is 9.03. The number of aromatic nitrogens is 2. The van der Waals surface area contributed by atoms with E-state index in [9.17, 15) is 5.11 Å². The molecular formula is C19H21ClN6O2. The Labute approximate surface area is 168 Å². The highest BCUT2D eigenvalue weighted by molar-refractivity contribution is 6.31. The first kappa shape index (κ1) is 20.1. The number of halogens is 1. The summed E-state index contributed by atoms with van der Waals surface area (Å²) in [5, 5.41) is 25.7. The van der Waals surface area contributed by atoms with E-state index in [0.717, 1.165) is 5.57 Å². The summed E-state index contributed by atoms with van der Waals surface area (Å²) in [5.74, 6) is 0.785. The molecule has 0 spiro atoms. The van der Waals surface area contributed by atoms with Crippen LogP contribution in [0.15, 0.2) is 57.7 Å². The first-order chi connectivity index (χ1) is 13.3. The molecule has 1 aliphatic rings. The van der Waals surface area contributed by atoms with Gasteiger partial charge in [-0.15, -0.1) is 10.2 Å². The van der Waals surface area contributed by atoms with Crippen molar-refractivity contribution in [3.05, 3.63) is 52.8 Å². The number of aliphatic hydroxyl groups is 1. The second-order valence-electron chi connectivity index (χ2n) is 6.91. The van der Waals surface area contributed by atoms with E-state index in [-0.39, 0.29) is 0 Å². The van der Waals surface area contributed by atoms with Crippen LogP contribution < -0.4 is 5.32 Å². The van der Waals surface area contributed by atoms with Crippen molar-refractivity contribution in [2.24, 2.45) is 15.4 Å². The Bertz CT molecular complexity index is 950. The van der Waals surface area contributed by atoms with E-state index in [2.05, 4.69) is 30.7 Å². The molecule has 1 aliphatic heterocycles. The van der Waals surface area contributed by atoms with E-state index >= 15 is 0 Å². The van der Waals surface area contributed by atoms with E-state index in [1.807, 2.05) is 13.0 Å². The van der Waals surface area contributed by atoms with Crippen LogP contribution in [0.2, 0.25) is 5.02 Å². The van der Waals surface area contributed by atoms with E-state index in [0.29, 0.717) is 46.8 Å². The maximum absolute atomic E-state index is 10.2. The van der Waals surface area contributed by atoms with Gasteiger partial charge in [-0.05, 0) is 55.8 Å². The molecule has 0 unspecified atom stereocenters. The summed E-state index contributed by atoms with van der Waals surface area (Å²) in [7, 11) is 0. The molecule has 0 bridgehead atoms. The zero-order valence-electron chi connectivity index (χ0n) is 15.8. The van der Waals surface area contributed by atoms with Crippen LogP contribution in [-0.4, -0.2) is 34.0 Å². The molecule has 0 aliphatic carbocycles. The summed E-state index contributed by atoms with van der Waals surface area (Å²) in [4.78, 5) is 8.44. The second kappa shape index (κ2) is 8.55. The fraction of sp³-hybridized carbons (Fsp3) is 0.316. The van der Waals surface area contributed by atoms with Gasteiger partial charge in [0.15, 0.2) is 11.6 Å². The fourth-order valence-electron chi connectivity index (χ4n) is 2.55. The van der Waals surface area contributed by atoms with Gasteiger partial charge in [0.05, 0.1) is 36.9 Å². The minimum absolute atomic E-state index is 0.309. The lowest BCUT2D eigenvalue weighted by Crippen LogP contribution is -2.16. The lowest BCUT2D eigenvalue weighted by atomic mass is 9.98. The van der Waals surface area contributed by atoms with Gasteiger partial charge < -0.3 is 15.2 Å². The topological polar surface area (TPSA) is 104 Å². The van der Waals surface area contributed by atoms with Gasteiger partial charge in [0.25, 0.3) is 0 Å². The molecule has 2 aromatic rings. The van der Waals surface area contributed by atoms with Gasteiger partial charge in [0.1, 0.15) is 0 Å². The molecule has 2 N–H and O–H groups in total. The molecule has 8 nitrogen and oxygen atoms in total. The Morgan fingerprint density at radius 3 is 2.82 bits per heavy atom. The van der Waals surface area contributed by atoms with Gasteiger partial charge in [-0.25, -0.2) is 4.98 Å². The van der Waals surface area contributed by atoms with Crippen molar-refractivity contribution in [3.63, 3.8) is 0 Å². The molecule has 0 atom stereocenters. The van der Waals surface area contributed by atoms with Crippen molar-refractivity contribution in [1.29, 1.82) is 0 Å². The summed E-state index contributed by atoms with van der Waals surface area (Å²) in [6, 6.07) is 5.27. The molecule has 0 radical (unpaired) electrons. The highest BCUT2D eigenvalue weighted by Crippen LogP contribution is 2.31. The smallest absolute Gasteiger partial charge is 0.196 e. The van der Waals surface area contributed by atoms with Crippen LogP contribution in [0.1, 0.15) is 26.3 Å². The molecule has 1 aromatic heterocycles. The number of hydrogen-bond donors (Lipinski definition) is 2. The van der Waals surface area contributed by atoms with Crippen LogP contribution in [0.5, 0.6) is 0 Å². The highest BCUT2D eigenvalue weighted by atomic mass is 35.5. The summed E-state index contributed by atoms with van der Waals surface area (Å²) in [5.41, 5.74) is 2.04. The number of ether oxygens (including phenoxy) is 1. The van der Waals surface area contributed by atoms with Crippen molar-refractivity contribution in [3.8, 4) is 0 Å². The third kappa shape index (κ3) is 5.41. The van der Waals surface area contributed by atoms with Crippen molar-refractivity contribution in [2.75, 3.05) is 18.5 Å². The van der Waals surface area contributed by atoms with Crippen LogP contribution in [0.25, 0.3) is 0 Å². The first-order valence-electron chi connectivity index (χ1n) is 8.65. The number of benzene rings is 1. The molecule has 0 fully saturated rings. The third-order valence-corrected chi connectivity index (χ3v) is 4.16. The maximum Gasteiger partial charge on any atom is 0.196 e. The monoisotopic (exact) mass is 400 g/mol. The van der Waals surface area contributed by atoms with Gasteiger partial charge in [0.2, 0.25) is 0 Å². The second-order valence-corrected chi connectivity index (χ2v) is 7.31. The van der Waals surface area contributed by atoms with Crippen LogP contribution in [-0.2, 0) is 10.3 Å². The number of hydrogen-bond acceptors (Lipinski definition) is 7. The van der Waals surface area contributed by atoms with Crippen molar-refractivity contribution in [1.82, 2.24) is 9.97 Å². The standard InChI is InChI=1S/C19H21ClN6O2/c1-12-6-14(11-28-10-12)24-26-25-18-9-21-8-17(23-18)22-13-4-5-16(20)15(7-13)19(2,3)27/h4-9,27H,10-11H2,1-3H3,(H,22,23). The molecule has 146 valence electrons. The van der Waals surface area contributed by atoms with Gasteiger partial charge in [-0.1, -0.05) is 11.6 Å². The minimum atomic E-state index is -1.06. The van der Waals surface area contributed by atoms with Gasteiger partial charge >= 0.3 is 0 Å². The lowest BCUT2D eigenvalue weighted by Gasteiger charge is -2.20. The van der Waals surface area contributed by atoms with E-state index < -0.39 is 5.60 Å². The molecule has 28 heavy (non-hydrogen) atoms. The van der Waals surface area contributed by atoms with E-state index in [1.165, 1.54) is 6.20 Å². The average molecular weight is 401 g/mol. The number of anilines is 2. The Hall–Kier alpha value is -2.68. The molecule has 9 heteroatoms. The normalized spacial score (nSPS) is 16.5. The fourth-order valence-corrected chi connectivity index (χ4v) is 2.90. The van der Waals surface area contributed by atoms with Gasteiger partial charge in [-0.2, -0.15) is 0 Å². The Morgan fingerprint density at radius 1 is 1.25 bits per heavy atom. The number of rotatable bonds is 5. The van der Waals surface area contributed by atoms with Gasteiger partial charge in [0, 0.05) is 16.3 Å². The molecule has 2 heterocycles. The highest BCUT2D eigenvalue weighted by Gasteiger charge is 2.20. The third-order valence-electron chi connectivity index (χ3n) is 3.83. The van der Waals surface area contributed by atoms with Crippen LogP contribution in [0.4, 0.5) is 17.3 Å². The lowest BCUT2D eigenvalue weighted by molar-refractivity contribution is 0.0788. The zero-order chi connectivity index (χ0) is 20.1. The van der Waals surface area contributed by atoms with Gasteiger partial charge in [-0.3, -0.25) is 4.98 Å². The zero-order valence-corrected chi connectivity index (χ0v) is 16.6. The average Bonchev–Trinajstić information content (AvgIpc) is 2.63. The summed E-state index contributed by atoms with van der Waals surface area (Å²) < 4.78 is 5.36. The SMILES string of the molecule is CC1=CC(=NN=Nc2cncc(Nc3ccc(Cl)c(C(C)(C)O)c3)n2)COC1. The van der Waals surface area contributed by atoms with Crippen LogP contribution in [0.3, 0.4) is 0 Å². The molecule has 3 rings (SSSR count). The van der Waals surface area contributed by atoms with E-state index in [4.69, 9.17) is 16.3 Å². The number of nitrogens with one attached hydrogen (secondary N) is 1. The predicted molar refractivity (Wildman–Crippen MR) is 109 cm³/mol. The maximum atomic E-state index is 10.2. The molecule has 0 saturated heterocycles. The van der Waals surface area contributed by atoms with Crippen molar-refractivity contribution < 1.29 is 9.84 Å². The Balaban J connectivity index is 1.74. The Morgan fingerprint density at radius 2 is 2.07 bits per heavy atom. The van der Waals surface area contributed by atoms with Crippen molar-refractivity contribution in [2.45, 2.75) is 26.4 Å². The summed E-state index contributed by atoms with van der Waals surface area (Å²) >= 11 is 6.17. The quantitative estimate of drug-likeness (QED) is 0.567. The van der Waals surface area contributed by atoms with E-state index in [1.54, 1.807) is 38.2 Å². The summed E-state index contributed by atoms with van der Waals surface area (Å²) in [6.45, 7) is 6.33. The minimum Gasteiger partial charge on any atom is -0.386 e. The number of nitrogens with zero attached hydrogens (tertiary/aromatic N) is 5. The molecule has 1 aromatic carbocycles. The van der Waals surface area contributed by atoms with Crippen molar-refractivity contribution >= 4 is 34.6 Å². The predicted octanol–water partition coefficient (Wildman–Crippen LogP) is 4.52. The van der Waals surface area contributed by atoms with Crippen LogP contribution >= 0.6 is 11.6 Å². The summed E-state index contributed by atoms with van der Waals surface area (Å²) in [6.07, 6.45) is 4.97.